The smallest absolute Gasteiger partial charge is 0.320 e. The zero-order valence-electron chi connectivity index (χ0n) is 16.0. The van der Waals surface area contributed by atoms with Crippen LogP contribution in [0.25, 0.3) is 0 Å². The Morgan fingerprint density at radius 2 is 1.93 bits per heavy atom. The van der Waals surface area contributed by atoms with E-state index in [9.17, 15) is 14.4 Å². The van der Waals surface area contributed by atoms with Crippen molar-refractivity contribution in [1.29, 1.82) is 0 Å². The zero-order chi connectivity index (χ0) is 20.4. The maximum atomic E-state index is 12.3. The summed E-state index contributed by atoms with van der Waals surface area (Å²) >= 11 is 0. The van der Waals surface area contributed by atoms with E-state index >= 15 is 0 Å². The molecule has 0 saturated heterocycles. The highest BCUT2D eigenvalue weighted by Crippen LogP contribution is 2.31. The standard InChI is InChI=1S/C21H22N4O4/c1-21(15-4-2-3-5-17(15)24-20(28)25-21)12-22-19(27)11-29-14-7-8-16-13(10-14)6-9-18(26)23-16/h2-5,7-8,10H,6,9,11-12H2,1H3,(H,22,27)(H,23,26)(H2,24,25,28). The Hall–Kier alpha value is -3.55. The van der Waals surface area contributed by atoms with Gasteiger partial charge in [0.15, 0.2) is 6.61 Å². The third-order valence-corrected chi connectivity index (χ3v) is 5.14. The van der Waals surface area contributed by atoms with Gasteiger partial charge < -0.3 is 26.0 Å². The molecule has 2 aliphatic rings. The van der Waals surface area contributed by atoms with Crippen LogP contribution < -0.4 is 26.0 Å². The first-order chi connectivity index (χ1) is 13.9. The highest BCUT2D eigenvalue weighted by atomic mass is 16.5. The second-order valence-corrected chi connectivity index (χ2v) is 7.39. The van der Waals surface area contributed by atoms with Gasteiger partial charge in [-0.15, -0.1) is 0 Å². The van der Waals surface area contributed by atoms with E-state index in [2.05, 4.69) is 21.3 Å². The van der Waals surface area contributed by atoms with Crippen molar-refractivity contribution in [2.75, 3.05) is 23.8 Å². The number of urea groups is 1. The number of anilines is 2. The molecule has 0 radical (unpaired) electrons. The Morgan fingerprint density at radius 3 is 2.79 bits per heavy atom. The van der Waals surface area contributed by atoms with E-state index in [0.29, 0.717) is 18.6 Å². The predicted octanol–water partition coefficient (Wildman–Crippen LogP) is 2.12. The summed E-state index contributed by atoms with van der Waals surface area (Å²) < 4.78 is 5.60. The van der Waals surface area contributed by atoms with Gasteiger partial charge in [0.05, 0.1) is 5.54 Å². The van der Waals surface area contributed by atoms with Gasteiger partial charge in [-0.3, -0.25) is 9.59 Å². The van der Waals surface area contributed by atoms with Crippen LogP contribution in [-0.4, -0.2) is 31.0 Å². The van der Waals surface area contributed by atoms with Crippen molar-refractivity contribution >= 4 is 29.2 Å². The summed E-state index contributed by atoms with van der Waals surface area (Å²) in [6.45, 7) is 1.95. The Kier molecular flexibility index (Phi) is 4.84. The molecule has 2 aromatic rings. The lowest BCUT2D eigenvalue weighted by atomic mass is 9.89. The monoisotopic (exact) mass is 394 g/mol. The molecule has 4 N–H and O–H groups in total. The average Bonchev–Trinajstić information content (AvgIpc) is 2.70. The fourth-order valence-corrected chi connectivity index (χ4v) is 3.61. The molecule has 1 atom stereocenters. The maximum absolute atomic E-state index is 12.3. The van der Waals surface area contributed by atoms with Crippen LogP contribution in [-0.2, 0) is 21.5 Å². The molecule has 0 spiro atoms. The topological polar surface area (TPSA) is 109 Å². The number of hydrogen-bond acceptors (Lipinski definition) is 4. The molecule has 8 nitrogen and oxygen atoms in total. The fraction of sp³-hybridized carbons (Fsp3) is 0.286. The second-order valence-electron chi connectivity index (χ2n) is 7.39. The maximum Gasteiger partial charge on any atom is 0.320 e. The molecule has 4 amide bonds. The normalized spacial score (nSPS) is 19.8. The van der Waals surface area contributed by atoms with Crippen molar-refractivity contribution in [2.45, 2.75) is 25.3 Å². The van der Waals surface area contributed by atoms with Crippen molar-refractivity contribution in [1.82, 2.24) is 10.6 Å². The minimum Gasteiger partial charge on any atom is -0.484 e. The molecule has 0 aromatic heterocycles. The summed E-state index contributed by atoms with van der Waals surface area (Å²) in [4.78, 5) is 35.7. The van der Waals surface area contributed by atoms with Gasteiger partial charge in [0.2, 0.25) is 5.91 Å². The number of ether oxygens (including phenoxy) is 1. The van der Waals surface area contributed by atoms with E-state index in [1.54, 1.807) is 12.1 Å². The molecule has 2 aliphatic heterocycles. The van der Waals surface area contributed by atoms with Crippen LogP contribution >= 0.6 is 0 Å². The van der Waals surface area contributed by atoms with Gasteiger partial charge in [0.25, 0.3) is 5.91 Å². The fourth-order valence-electron chi connectivity index (χ4n) is 3.61. The van der Waals surface area contributed by atoms with Gasteiger partial charge in [-0.05, 0) is 43.2 Å². The summed E-state index contributed by atoms with van der Waals surface area (Å²) in [6.07, 6.45) is 1.09. The summed E-state index contributed by atoms with van der Waals surface area (Å²) in [5.41, 5.74) is 2.68. The van der Waals surface area contributed by atoms with E-state index in [1.165, 1.54) is 0 Å². The minimum atomic E-state index is -0.724. The number of hydrogen-bond donors (Lipinski definition) is 4. The first-order valence-corrected chi connectivity index (χ1v) is 9.44. The van der Waals surface area contributed by atoms with Crippen LogP contribution in [0.2, 0.25) is 0 Å². The summed E-state index contributed by atoms with van der Waals surface area (Å²) in [5, 5.41) is 11.3. The number of carbonyl (C=O) groups excluding carboxylic acids is 3. The highest BCUT2D eigenvalue weighted by molar-refractivity contribution is 5.94. The molecule has 0 aliphatic carbocycles. The van der Waals surface area contributed by atoms with Crippen LogP contribution in [0.15, 0.2) is 42.5 Å². The van der Waals surface area contributed by atoms with Crippen molar-refractivity contribution < 1.29 is 19.1 Å². The zero-order valence-corrected chi connectivity index (χ0v) is 16.0. The van der Waals surface area contributed by atoms with Crippen LogP contribution in [0.3, 0.4) is 0 Å². The van der Waals surface area contributed by atoms with Gasteiger partial charge in [0, 0.05) is 29.9 Å². The van der Waals surface area contributed by atoms with Crippen molar-refractivity contribution in [3.63, 3.8) is 0 Å². The van der Waals surface area contributed by atoms with E-state index in [4.69, 9.17) is 4.74 Å². The Morgan fingerprint density at radius 1 is 1.10 bits per heavy atom. The third kappa shape index (κ3) is 4.01. The van der Waals surface area contributed by atoms with Gasteiger partial charge in [-0.25, -0.2) is 4.79 Å². The third-order valence-electron chi connectivity index (χ3n) is 5.14. The molecule has 0 fully saturated rings. The Bertz CT molecular complexity index is 990. The first kappa shape index (κ1) is 18.8. The number of amides is 4. The van der Waals surface area contributed by atoms with Crippen LogP contribution in [0.1, 0.15) is 24.5 Å². The van der Waals surface area contributed by atoms with E-state index < -0.39 is 5.54 Å². The SMILES string of the molecule is CC1(CNC(=O)COc2ccc3c(c2)CCC(=O)N3)NC(=O)Nc2ccccc21. The van der Waals surface area contributed by atoms with Crippen molar-refractivity contribution in [2.24, 2.45) is 0 Å². The number of para-hydroxylation sites is 1. The van der Waals surface area contributed by atoms with Crippen LogP contribution in [0.4, 0.5) is 16.2 Å². The Labute approximate surface area is 168 Å². The van der Waals surface area contributed by atoms with Gasteiger partial charge in [0.1, 0.15) is 5.75 Å². The molecular weight excluding hydrogens is 372 g/mol. The number of rotatable bonds is 5. The number of benzene rings is 2. The molecule has 1 unspecified atom stereocenters. The predicted molar refractivity (Wildman–Crippen MR) is 108 cm³/mol. The van der Waals surface area contributed by atoms with Gasteiger partial charge in [-0.2, -0.15) is 0 Å². The molecule has 8 heteroatoms. The second kappa shape index (κ2) is 7.46. The molecular formula is C21H22N4O4. The lowest BCUT2D eigenvalue weighted by molar-refractivity contribution is -0.123. The number of aryl methyl sites for hydroxylation is 1. The molecule has 0 saturated carbocycles. The van der Waals surface area contributed by atoms with Crippen LogP contribution in [0, 0.1) is 0 Å². The number of carbonyl (C=O) groups is 3. The molecule has 2 aromatic carbocycles. The first-order valence-electron chi connectivity index (χ1n) is 9.44. The largest absolute Gasteiger partial charge is 0.484 e. The van der Waals surface area contributed by atoms with Gasteiger partial charge in [-0.1, -0.05) is 18.2 Å². The molecule has 0 bridgehead atoms. The van der Waals surface area contributed by atoms with E-state index in [1.807, 2.05) is 37.3 Å². The molecule has 4 rings (SSSR count). The number of nitrogens with one attached hydrogen (secondary N) is 4. The molecule has 2 heterocycles. The van der Waals surface area contributed by atoms with Crippen molar-refractivity contribution in [3.8, 4) is 5.75 Å². The quantitative estimate of drug-likeness (QED) is 0.623. The average molecular weight is 394 g/mol. The van der Waals surface area contributed by atoms with E-state index in [0.717, 1.165) is 22.5 Å². The molecule has 29 heavy (non-hydrogen) atoms. The van der Waals surface area contributed by atoms with E-state index in [-0.39, 0.29) is 31.0 Å². The summed E-state index contributed by atoms with van der Waals surface area (Å²) in [7, 11) is 0. The minimum absolute atomic E-state index is 0.00520. The lowest BCUT2D eigenvalue weighted by Gasteiger charge is -2.37. The van der Waals surface area contributed by atoms with Crippen molar-refractivity contribution in [3.05, 3.63) is 53.6 Å². The molecule has 150 valence electrons. The van der Waals surface area contributed by atoms with Gasteiger partial charge >= 0.3 is 6.03 Å². The lowest BCUT2D eigenvalue weighted by Crippen LogP contribution is -2.55. The van der Waals surface area contributed by atoms with Crippen LogP contribution in [0.5, 0.6) is 5.75 Å². The Balaban J connectivity index is 1.35. The summed E-state index contributed by atoms with van der Waals surface area (Å²) in [6, 6.07) is 12.5. The number of fused-ring (bicyclic) bond motifs is 2. The highest BCUT2D eigenvalue weighted by Gasteiger charge is 2.35. The summed E-state index contributed by atoms with van der Waals surface area (Å²) in [5.74, 6) is 0.287.